The maximum Gasteiger partial charge on any atom is 0.416 e. The lowest BCUT2D eigenvalue weighted by Gasteiger charge is -2.44. The van der Waals surface area contributed by atoms with E-state index in [1.54, 1.807) is 0 Å². The van der Waals surface area contributed by atoms with Crippen molar-refractivity contribution < 1.29 is 27.4 Å². The second-order valence-electron chi connectivity index (χ2n) is 7.79. The van der Waals surface area contributed by atoms with Crippen LogP contribution in [0.25, 0.3) is 0 Å². The van der Waals surface area contributed by atoms with Crippen LogP contribution in [0.1, 0.15) is 50.5 Å². The summed E-state index contributed by atoms with van der Waals surface area (Å²) in [6, 6.07) is 10.9. The van der Waals surface area contributed by atoms with Crippen molar-refractivity contribution in [2.75, 3.05) is 18.5 Å². The van der Waals surface area contributed by atoms with Gasteiger partial charge in [0.15, 0.2) is 0 Å². The molecule has 0 fully saturated rings. The molecule has 1 N–H and O–H groups in total. The van der Waals surface area contributed by atoms with Crippen molar-refractivity contribution in [3.05, 3.63) is 59.2 Å². The summed E-state index contributed by atoms with van der Waals surface area (Å²) in [4.78, 5) is 0. The van der Waals surface area contributed by atoms with E-state index in [0.29, 0.717) is 12.2 Å². The van der Waals surface area contributed by atoms with Crippen LogP contribution in [0.5, 0.6) is 5.75 Å². The molecule has 0 aliphatic carbocycles. The predicted octanol–water partition coefficient (Wildman–Crippen LogP) is 5.97. The van der Waals surface area contributed by atoms with Crippen LogP contribution in [0.15, 0.2) is 42.5 Å². The highest BCUT2D eigenvalue weighted by Crippen LogP contribution is 2.44. The zero-order chi connectivity index (χ0) is 21.9. The van der Waals surface area contributed by atoms with E-state index in [1.165, 1.54) is 12.1 Å². The molecule has 7 heteroatoms. The Kier molecular flexibility index (Phi) is 6.62. The number of nitrogens with one attached hydrogen (secondary N) is 1. The highest BCUT2D eigenvalue weighted by atomic mass is 19.4. The average Bonchev–Trinajstić information content (AvgIpc) is 2.67. The Balaban J connectivity index is 1.84. The topological polar surface area (TPSA) is 39.7 Å². The Bertz CT molecular complexity index is 850. The molecule has 4 nitrogen and oxygen atoms in total. The third kappa shape index (κ3) is 4.90. The van der Waals surface area contributed by atoms with Gasteiger partial charge in [-0.15, -0.1) is 0 Å². The second kappa shape index (κ2) is 8.86. The molecule has 1 aliphatic rings. The number of rotatable bonds is 7. The predicted molar refractivity (Wildman–Crippen MR) is 110 cm³/mol. The highest BCUT2D eigenvalue weighted by molar-refractivity contribution is 5.53. The SMILES string of the molecule is CCNc1ccc2c(c1)C(OCC)C(OCc1ccc(C(F)(F)F)cc1)C(C)(C)O2. The molecule has 2 atom stereocenters. The quantitative estimate of drug-likeness (QED) is 0.596. The smallest absolute Gasteiger partial charge is 0.416 e. The number of benzene rings is 2. The maximum atomic E-state index is 12.8. The maximum absolute atomic E-state index is 12.8. The van der Waals surface area contributed by atoms with Gasteiger partial charge in [-0.2, -0.15) is 13.2 Å². The van der Waals surface area contributed by atoms with Gasteiger partial charge in [0.25, 0.3) is 0 Å². The third-order valence-corrected chi connectivity index (χ3v) is 5.09. The number of hydrogen-bond donors (Lipinski definition) is 1. The van der Waals surface area contributed by atoms with E-state index >= 15 is 0 Å². The first-order valence-electron chi connectivity index (χ1n) is 10.1. The van der Waals surface area contributed by atoms with Crippen molar-refractivity contribution in [3.8, 4) is 5.75 Å². The molecule has 0 saturated carbocycles. The van der Waals surface area contributed by atoms with E-state index in [9.17, 15) is 13.2 Å². The van der Waals surface area contributed by atoms with Gasteiger partial charge in [-0.25, -0.2) is 0 Å². The third-order valence-electron chi connectivity index (χ3n) is 5.09. The van der Waals surface area contributed by atoms with Crippen molar-refractivity contribution in [3.63, 3.8) is 0 Å². The molecule has 30 heavy (non-hydrogen) atoms. The largest absolute Gasteiger partial charge is 0.485 e. The Morgan fingerprint density at radius 3 is 2.33 bits per heavy atom. The zero-order valence-corrected chi connectivity index (χ0v) is 17.7. The fourth-order valence-corrected chi connectivity index (χ4v) is 3.67. The molecular weight excluding hydrogens is 395 g/mol. The average molecular weight is 423 g/mol. The van der Waals surface area contributed by atoms with Gasteiger partial charge < -0.3 is 19.5 Å². The number of halogens is 3. The van der Waals surface area contributed by atoms with Crippen LogP contribution in [0.3, 0.4) is 0 Å². The van der Waals surface area contributed by atoms with Gasteiger partial charge >= 0.3 is 6.18 Å². The van der Waals surface area contributed by atoms with Crippen LogP contribution < -0.4 is 10.1 Å². The van der Waals surface area contributed by atoms with Gasteiger partial charge in [0.05, 0.1) is 12.2 Å². The van der Waals surface area contributed by atoms with E-state index in [2.05, 4.69) is 5.32 Å². The molecule has 2 aromatic carbocycles. The summed E-state index contributed by atoms with van der Waals surface area (Å²) in [6.07, 6.45) is -5.15. The summed E-state index contributed by atoms with van der Waals surface area (Å²) in [5, 5.41) is 3.29. The summed E-state index contributed by atoms with van der Waals surface area (Å²) in [6.45, 7) is 9.23. The van der Waals surface area contributed by atoms with Gasteiger partial charge in [-0.05, 0) is 63.6 Å². The lowest BCUT2D eigenvalue weighted by atomic mass is 9.87. The molecule has 0 amide bonds. The van der Waals surface area contributed by atoms with Crippen molar-refractivity contribution in [2.45, 2.75) is 58.3 Å². The van der Waals surface area contributed by atoms with Crippen LogP contribution in [0, 0.1) is 0 Å². The van der Waals surface area contributed by atoms with Crippen LogP contribution in [0.2, 0.25) is 0 Å². The minimum absolute atomic E-state index is 0.154. The molecule has 2 unspecified atom stereocenters. The Morgan fingerprint density at radius 2 is 1.73 bits per heavy atom. The summed E-state index contributed by atoms with van der Waals surface area (Å²) in [5.74, 6) is 0.745. The molecule has 1 heterocycles. The minimum Gasteiger partial charge on any atom is -0.485 e. The highest BCUT2D eigenvalue weighted by Gasteiger charge is 2.45. The lowest BCUT2D eigenvalue weighted by molar-refractivity contribution is -0.165. The number of hydrogen-bond acceptors (Lipinski definition) is 4. The molecule has 0 saturated heterocycles. The normalized spacial score (nSPS) is 20.4. The van der Waals surface area contributed by atoms with Gasteiger partial charge in [-0.1, -0.05) is 12.1 Å². The molecular formula is C23H28F3NO3. The Hall–Kier alpha value is -2.25. The molecule has 1 aliphatic heterocycles. The van der Waals surface area contributed by atoms with Crippen molar-refractivity contribution in [2.24, 2.45) is 0 Å². The fraction of sp³-hybridized carbons (Fsp3) is 0.478. The van der Waals surface area contributed by atoms with E-state index in [1.807, 2.05) is 45.9 Å². The van der Waals surface area contributed by atoms with Gasteiger partial charge in [0.1, 0.15) is 23.6 Å². The first-order valence-corrected chi connectivity index (χ1v) is 10.1. The van der Waals surface area contributed by atoms with Crippen LogP contribution in [-0.2, 0) is 22.3 Å². The minimum atomic E-state index is -4.35. The van der Waals surface area contributed by atoms with E-state index < -0.39 is 23.4 Å². The van der Waals surface area contributed by atoms with E-state index in [0.717, 1.165) is 35.7 Å². The zero-order valence-electron chi connectivity index (χ0n) is 17.7. The van der Waals surface area contributed by atoms with Crippen molar-refractivity contribution in [1.29, 1.82) is 0 Å². The molecule has 3 rings (SSSR count). The van der Waals surface area contributed by atoms with E-state index in [4.69, 9.17) is 14.2 Å². The van der Waals surface area contributed by atoms with E-state index in [-0.39, 0.29) is 12.7 Å². The molecule has 0 radical (unpaired) electrons. The first kappa shape index (κ1) is 22.4. The molecule has 0 aromatic heterocycles. The van der Waals surface area contributed by atoms with Crippen LogP contribution in [-0.4, -0.2) is 24.9 Å². The van der Waals surface area contributed by atoms with Crippen molar-refractivity contribution >= 4 is 5.69 Å². The number of fused-ring (bicyclic) bond motifs is 1. The lowest BCUT2D eigenvalue weighted by Crippen LogP contribution is -2.51. The summed E-state index contributed by atoms with van der Waals surface area (Å²) in [5.41, 5.74) is 1.15. The fourth-order valence-electron chi connectivity index (χ4n) is 3.67. The molecule has 0 bridgehead atoms. The number of ether oxygens (including phenoxy) is 3. The molecule has 0 spiro atoms. The molecule has 2 aromatic rings. The van der Waals surface area contributed by atoms with Gasteiger partial charge in [0, 0.05) is 24.4 Å². The summed E-state index contributed by atoms with van der Waals surface area (Å²) >= 11 is 0. The summed E-state index contributed by atoms with van der Waals surface area (Å²) < 4.78 is 56.8. The Labute approximate surface area is 175 Å². The van der Waals surface area contributed by atoms with Crippen molar-refractivity contribution in [1.82, 2.24) is 0 Å². The second-order valence-corrected chi connectivity index (χ2v) is 7.79. The molecule has 164 valence electrons. The van der Waals surface area contributed by atoms with Crippen LogP contribution >= 0.6 is 0 Å². The van der Waals surface area contributed by atoms with Gasteiger partial charge in [-0.3, -0.25) is 0 Å². The summed E-state index contributed by atoms with van der Waals surface area (Å²) in [7, 11) is 0. The van der Waals surface area contributed by atoms with Crippen LogP contribution in [0.4, 0.5) is 18.9 Å². The number of anilines is 1. The first-order chi connectivity index (χ1) is 14.2. The Morgan fingerprint density at radius 1 is 1.03 bits per heavy atom. The monoisotopic (exact) mass is 423 g/mol. The number of alkyl halides is 3. The standard InChI is InChI=1S/C23H28F3NO3/c1-5-27-17-11-12-19-18(13-17)20(28-6-2)21(22(3,4)30-19)29-14-15-7-9-16(10-8-15)23(24,25)26/h7-13,20-21,27H,5-6,14H2,1-4H3. The van der Waals surface area contributed by atoms with Gasteiger partial charge in [0.2, 0.25) is 0 Å².